The standard InChI is InChI=1S/C22H26N2O7S/c1-15-4-9-19(32(27,28)23-17-5-7-18(29-3)8-6-17)14-20(15)22(26)31-16(2)21(25)24-10-12-30-13-11-24/h4-9,14,16,23H,10-13H2,1-3H3/t16-/m1/s1. The molecule has 0 saturated carbocycles. The first kappa shape index (κ1) is 23.6. The van der Waals surface area contributed by atoms with Gasteiger partial charge in [0.15, 0.2) is 6.10 Å². The molecule has 0 unspecified atom stereocenters. The van der Waals surface area contributed by atoms with Gasteiger partial charge in [0.2, 0.25) is 0 Å². The number of esters is 1. The highest BCUT2D eigenvalue weighted by molar-refractivity contribution is 7.92. The summed E-state index contributed by atoms with van der Waals surface area (Å²) < 4.78 is 43.7. The summed E-state index contributed by atoms with van der Waals surface area (Å²) in [4.78, 5) is 26.7. The molecule has 1 aliphatic rings. The minimum Gasteiger partial charge on any atom is -0.497 e. The van der Waals surface area contributed by atoms with E-state index in [9.17, 15) is 18.0 Å². The summed E-state index contributed by atoms with van der Waals surface area (Å²) in [5.74, 6) is -0.489. The summed E-state index contributed by atoms with van der Waals surface area (Å²) >= 11 is 0. The third-order valence-corrected chi connectivity index (χ3v) is 6.41. The Morgan fingerprint density at radius 3 is 2.38 bits per heavy atom. The van der Waals surface area contributed by atoms with E-state index in [0.717, 1.165) is 0 Å². The van der Waals surface area contributed by atoms with Gasteiger partial charge < -0.3 is 19.1 Å². The summed E-state index contributed by atoms with van der Waals surface area (Å²) in [5.41, 5.74) is 0.953. The fourth-order valence-electron chi connectivity index (χ4n) is 3.18. The third kappa shape index (κ3) is 5.57. The maximum absolute atomic E-state index is 12.8. The van der Waals surface area contributed by atoms with Crippen molar-refractivity contribution in [1.29, 1.82) is 0 Å². The monoisotopic (exact) mass is 462 g/mol. The zero-order valence-corrected chi connectivity index (χ0v) is 19.0. The number of nitrogens with zero attached hydrogens (tertiary/aromatic N) is 1. The van der Waals surface area contributed by atoms with E-state index >= 15 is 0 Å². The Kier molecular flexibility index (Phi) is 7.37. The molecular weight excluding hydrogens is 436 g/mol. The second-order valence-electron chi connectivity index (χ2n) is 7.30. The number of ether oxygens (including phenoxy) is 3. The van der Waals surface area contributed by atoms with Gasteiger partial charge in [-0.25, -0.2) is 13.2 Å². The van der Waals surface area contributed by atoms with Crippen molar-refractivity contribution >= 4 is 27.6 Å². The van der Waals surface area contributed by atoms with Crippen LogP contribution in [-0.2, 0) is 24.3 Å². The molecule has 1 N–H and O–H groups in total. The molecule has 9 nitrogen and oxygen atoms in total. The highest BCUT2D eigenvalue weighted by Gasteiger charge is 2.27. The minimum atomic E-state index is -3.96. The molecule has 0 bridgehead atoms. The number of aryl methyl sites for hydroxylation is 1. The fraction of sp³-hybridized carbons (Fsp3) is 0.364. The molecule has 1 heterocycles. The van der Waals surface area contributed by atoms with Crippen LogP contribution in [0.1, 0.15) is 22.8 Å². The van der Waals surface area contributed by atoms with Crippen LogP contribution < -0.4 is 9.46 Å². The first-order chi connectivity index (χ1) is 15.2. The number of amides is 1. The van der Waals surface area contributed by atoms with Crippen molar-refractivity contribution in [1.82, 2.24) is 4.90 Å². The molecule has 0 aromatic heterocycles. The Labute approximate surface area is 187 Å². The number of rotatable bonds is 7. The quantitative estimate of drug-likeness (QED) is 0.628. The molecule has 1 fully saturated rings. The predicted molar refractivity (Wildman–Crippen MR) is 117 cm³/mol. The van der Waals surface area contributed by atoms with Gasteiger partial charge in [0.1, 0.15) is 5.75 Å². The lowest BCUT2D eigenvalue weighted by molar-refractivity contribution is -0.143. The van der Waals surface area contributed by atoms with E-state index in [1.807, 2.05) is 0 Å². The van der Waals surface area contributed by atoms with Gasteiger partial charge in [-0.3, -0.25) is 9.52 Å². The zero-order valence-electron chi connectivity index (χ0n) is 18.2. The van der Waals surface area contributed by atoms with Gasteiger partial charge in [0.05, 0.1) is 30.8 Å². The molecule has 0 spiro atoms. The van der Waals surface area contributed by atoms with Crippen LogP contribution in [0.4, 0.5) is 5.69 Å². The van der Waals surface area contributed by atoms with E-state index in [2.05, 4.69) is 4.72 Å². The number of morpholine rings is 1. The predicted octanol–water partition coefficient (Wildman–Crippen LogP) is 2.21. The SMILES string of the molecule is COc1ccc(NS(=O)(=O)c2ccc(C)c(C(=O)O[C@H](C)C(=O)N3CCOCC3)c2)cc1. The zero-order chi connectivity index (χ0) is 23.3. The van der Waals surface area contributed by atoms with Crippen molar-refractivity contribution in [2.45, 2.75) is 24.8 Å². The van der Waals surface area contributed by atoms with Gasteiger partial charge in [-0.15, -0.1) is 0 Å². The molecule has 1 aliphatic heterocycles. The number of carbonyl (C=O) groups excluding carboxylic acids is 2. The third-order valence-electron chi connectivity index (χ3n) is 5.04. The number of benzene rings is 2. The van der Waals surface area contributed by atoms with Crippen LogP contribution in [0.15, 0.2) is 47.4 Å². The van der Waals surface area contributed by atoms with Crippen LogP contribution >= 0.6 is 0 Å². The maximum Gasteiger partial charge on any atom is 0.339 e. The van der Waals surface area contributed by atoms with Crippen LogP contribution in [0.5, 0.6) is 5.75 Å². The van der Waals surface area contributed by atoms with Gasteiger partial charge in [-0.2, -0.15) is 0 Å². The Morgan fingerprint density at radius 1 is 1.09 bits per heavy atom. The molecule has 1 amide bonds. The Hall–Kier alpha value is -3.11. The van der Waals surface area contributed by atoms with E-state index in [0.29, 0.717) is 43.3 Å². The summed E-state index contributed by atoms with van der Waals surface area (Å²) in [6.07, 6.45) is -1.00. The van der Waals surface area contributed by atoms with Gasteiger partial charge in [0.25, 0.3) is 15.9 Å². The second-order valence-corrected chi connectivity index (χ2v) is 8.98. The van der Waals surface area contributed by atoms with Crippen molar-refractivity contribution in [3.63, 3.8) is 0 Å². The average molecular weight is 463 g/mol. The first-order valence-electron chi connectivity index (χ1n) is 10.1. The average Bonchev–Trinajstić information content (AvgIpc) is 2.79. The van der Waals surface area contributed by atoms with Crippen molar-refractivity contribution in [2.24, 2.45) is 0 Å². The van der Waals surface area contributed by atoms with Crippen molar-refractivity contribution in [3.8, 4) is 5.75 Å². The first-order valence-corrected chi connectivity index (χ1v) is 11.5. The Bertz CT molecular complexity index is 1080. The smallest absolute Gasteiger partial charge is 0.339 e. The summed E-state index contributed by atoms with van der Waals surface area (Å²) in [7, 11) is -2.44. The lowest BCUT2D eigenvalue weighted by Gasteiger charge is -2.29. The van der Waals surface area contributed by atoms with E-state index in [4.69, 9.17) is 14.2 Å². The topological polar surface area (TPSA) is 111 Å². The lowest BCUT2D eigenvalue weighted by Crippen LogP contribution is -2.46. The number of methoxy groups -OCH3 is 1. The number of hydrogen-bond acceptors (Lipinski definition) is 7. The normalized spacial score (nSPS) is 15.0. The van der Waals surface area contributed by atoms with Gasteiger partial charge >= 0.3 is 5.97 Å². The number of sulfonamides is 1. The van der Waals surface area contributed by atoms with Gasteiger partial charge in [0, 0.05) is 18.8 Å². The highest BCUT2D eigenvalue weighted by Crippen LogP contribution is 2.22. The van der Waals surface area contributed by atoms with E-state index in [1.165, 1.54) is 32.2 Å². The molecule has 0 radical (unpaired) electrons. The highest BCUT2D eigenvalue weighted by atomic mass is 32.2. The minimum absolute atomic E-state index is 0.0734. The summed E-state index contributed by atoms with van der Waals surface area (Å²) in [6.45, 7) is 4.91. The molecule has 1 atom stereocenters. The van der Waals surface area contributed by atoms with Crippen molar-refractivity contribution in [2.75, 3.05) is 38.1 Å². The summed E-state index contributed by atoms with van der Waals surface area (Å²) in [5, 5.41) is 0. The number of anilines is 1. The molecule has 10 heteroatoms. The van der Waals surface area contributed by atoms with Crippen molar-refractivity contribution < 1.29 is 32.2 Å². The molecule has 1 saturated heterocycles. The molecule has 0 aliphatic carbocycles. The van der Waals surface area contributed by atoms with Crippen LogP contribution in [0, 0.1) is 6.92 Å². The largest absolute Gasteiger partial charge is 0.497 e. The van der Waals surface area contributed by atoms with Crippen LogP contribution in [0.25, 0.3) is 0 Å². The Morgan fingerprint density at radius 2 is 1.75 bits per heavy atom. The maximum atomic E-state index is 12.8. The molecule has 2 aromatic carbocycles. The Balaban J connectivity index is 1.74. The molecule has 172 valence electrons. The number of carbonyl (C=O) groups is 2. The summed E-state index contributed by atoms with van der Waals surface area (Å²) in [6, 6.07) is 10.6. The molecule has 2 aromatic rings. The molecular formula is C22H26N2O7S. The number of nitrogens with one attached hydrogen (secondary N) is 1. The fourth-order valence-corrected chi connectivity index (χ4v) is 4.26. The second kappa shape index (κ2) is 10.0. The molecule has 3 rings (SSSR count). The van der Waals surface area contributed by atoms with E-state index in [-0.39, 0.29) is 16.4 Å². The van der Waals surface area contributed by atoms with Gasteiger partial charge in [-0.05, 0) is 55.8 Å². The number of hydrogen-bond donors (Lipinski definition) is 1. The van der Waals surface area contributed by atoms with Crippen LogP contribution in [-0.4, -0.2) is 64.7 Å². The van der Waals surface area contributed by atoms with Crippen molar-refractivity contribution in [3.05, 3.63) is 53.6 Å². The van der Waals surface area contributed by atoms with E-state index in [1.54, 1.807) is 36.1 Å². The van der Waals surface area contributed by atoms with Gasteiger partial charge in [-0.1, -0.05) is 6.07 Å². The lowest BCUT2D eigenvalue weighted by atomic mass is 10.1. The molecule has 32 heavy (non-hydrogen) atoms. The van der Waals surface area contributed by atoms with Crippen LogP contribution in [0.2, 0.25) is 0 Å². The van der Waals surface area contributed by atoms with E-state index < -0.39 is 22.1 Å². The van der Waals surface area contributed by atoms with Crippen LogP contribution in [0.3, 0.4) is 0 Å².